The Kier molecular flexibility index (Phi) is 4.40. The number of aromatic nitrogens is 1. The Hall–Kier alpha value is -0.460. The van der Waals surface area contributed by atoms with Crippen LogP contribution in [0.5, 0.6) is 0 Å². The van der Waals surface area contributed by atoms with Gasteiger partial charge < -0.3 is 0 Å². The lowest BCUT2D eigenvalue weighted by Crippen LogP contribution is -2.39. The first-order chi connectivity index (χ1) is 8.45. The molecule has 4 nitrogen and oxygen atoms in total. The van der Waals surface area contributed by atoms with E-state index in [0.29, 0.717) is 19.0 Å². The standard InChI is InChI=1S/C12H17BrN2O2S/c1-18(16,17)15-4-2-3-10(9-15)5-11-6-12(13)8-14-7-11/h6-8,10H,2-5,9H2,1H3/t10-/m1/s1. The Morgan fingerprint density at radius 1 is 1.50 bits per heavy atom. The van der Waals surface area contributed by atoms with Crippen molar-refractivity contribution in [2.75, 3.05) is 19.3 Å². The molecular formula is C12H17BrN2O2S. The molecule has 0 spiro atoms. The summed E-state index contributed by atoms with van der Waals surface area (Å²) in [5.41, 5.74) is 1.16. The van der Waals surface area contributed by atoms with Crippen LogP contribution in [0.1, 0.15) is 18.4 Å². The summed E-state index contributed by atoms with van der Waals surface area (Å²) >= 11 is 3.40. The molecule has 0 bridgehead atoms. The molecule has 0 saturated carbocycles. The number of pyridine rings is 1. The average molecular weight is 333 g/mol. The van der Waals surface area contributed by atoms with Crippen molar-refractivity contribution >= 4 is 26.0 Å². The summed E-state index contributed by atoms with van der Waals surface area (Å²) in [6, 6.07) is 2.05. The summed E-state index contributed by atoms with van der Waals surface area (Å²) < 4.78 is 25.6. The Bertz CT molecular complexity index is 519. The van der Waals surface area contributed by atoms with Gasteiger partial charge in [0.05, 0.1) is 6.26 Å². The predicted octanol–water partition coefficient (Wildman–Crippen LogP) is 2.06. The molecule has 1 aromatic heterocycles. The SMILES string of the molecule is CS(=O)(=O)N1CCC[C@H](Cc2cncc(Br)c2)C1. The second-order valence-corrected chi connectivity index (χ2v) is 7.74. The lowest BCUT2D eigenvalue weighted by Gasteiger charge is -2.30. The molecule has 6 heteroatoms. The van der Waals surface area contributed by atoms with E-state index in [9.17, 15) is 8.42 Å². The molecular weight excluding hydrogens is 316 g/mol. The Labute approximate surface area is 117 Å². The topological polar surface area (TPSA) is 50.3 Å². The highest BCUT2D eigenvalue weighted by Gasteiger charge is 2.25. The number of sulfonamides is 1. The van der Waals surface area contributed by atoms with E-state index in [-0.39, 0.29) is 0 Å². The smallest absolute Gasteiger partial charge is 0.211 e. The van der Waals surface area contributed by atoms with E-state index in [1.54, 1.807) is 10.5 Å². The van der Waals surface area contributed by atoms with E-state index in [1.165, 1.54) is 6.26 Å². The zero-order valence-corrected chi connectivity index (χ0v) is 12.7. The van der Waals surface area contributed by atoms with Crippen LogP contribution in [0, 0.1) is 5.92 Å². The first kappa shape index (κ1) is 14.0. The number of piperidine rings is 1. The molecule has 1 aromatic rings. The highest BCUT2D eigenvalue weighted by molar-refractivity contribution is 9.10. The van der Waals surface area contributed by atoms with Crippen LogP contribution < -0.4 is 0 Å². The van der Waals surface area contributed by atoms with E-state index in [0.717, 1.165) is 29.3 Å². The van der Waals surface area contributed by atoms with Crippen molar-refractivity contribution in [1.29, 1.82) is 0 Å². The third-order valence-electron chi connectivity index (χ3n) is 3.24. The monoisotopic (exact) mass is 332 g/mol. The first-order valence-electron chi connectivity index (χ1n) is 5.99. The van der Waals surface area contributed by atoms with Crippen LogP contribution in [0.2, 0.25) is 0 Å². The minimum atomic E-state index is -3.05. The second-order valence-electron chi connectivity index (χ2n) is 4.84. The zero-order chi connectivity index (χ0) is 13.2. The maximum atomic E-state index is 11.5. The van der Waals surface area contributed by atoms with Gasteiger partial charge in [-0.3, -0.25) is 4.98 Å². The van der Waals surface area contributed by atoms with E-state index in [1.807, 2.05) is 12.3 Å². The number of halogens is 1. The summed E-state index contributed by atoms with van der Waals surface area (Å²) in [6.45, 7) is 1.29. The highest BCUT2D eigenvalue weighted by Crippen LogP contribution is 2.23. The maximum absolute atomic E-state index is 11.5. The minimum absolute atomic E-state index is 0.393. The van der Waals surface area contributed by atoms with Gasteiger partial charge in [-0.15, -0.1) is 0 Å². The third-order valence-corrected chi connectivity index (χ3v) is 4.94. The van der Waals surface area contributed by atoms with Crippen molar-refractivity contribution in [3.05, 3.63) is 28.5 Å². The minimum Gasteiger partial charge on any atom is -0.263 e. The number of hydrogen-bond donors (Lipinski definition) is 0. The Morgan fingerprint density at radius 2 is 2.28 bits per heavy atom. The van der Waals surface area contributed by atoms with E-state index >= 15 is 0 Å². The molecule has 0 amide bonds. The first-order valence-corrected chi connectivity index (χ1v) is 8.64. The quantitative estimate of drug-likeness (QED) is 0.851. The summed E-state index contributed by atoms with van der Waals surface area (Å²) in [6.07, 6.45) is 7.81. The summed E-state index contributed by atoms with van der Waals surface area (Å²) in [5, 5.41) is 0. The molecule has 1 saturated heterocycles. The van der Waals surface area contributed by atoms with Crippen LogP contribution in [0.4, 0.5) is 0 Å². The average Bonchev–Trinajstić information content (AvgIpc) is 2.28. The lowest BCUT2D eigenvalue weighted by molar-refractivity contribution is 0.266. The van der Waals surface area contributed by atoms with Crippen molar-refractivity contribution in [2.24, 2.45) is 5.92 Å². The molecule has 2 rings (SSSR count). The van der Waals surface area contributed by atoms with Gasteiger partial charge in [0, 0.05) is 30.0 Å². The van der Waals surface area contributed by atoms with Gasteiger partial charge in [0.1, 0.15) is 0 Å². The number of hydrogen-bond acceptors (Lipinski definition) is 3. The molecule has 0 radical (unpaired) electrons. The lowest BCUT2D eigenvalue weighted by atomic mass is 9.93. The van der Waals surface area contributed by atoms with Gasteiger partial charge in [0.25, 0.3) is 0 Å². The predicted molar refractivity (Wildman–Crippen MR) is 74.8 cm³/mol. The normalized spacial score (nSPS) is 22.0. The zero-order valence-electron chi connectivity index (χ0n) is 10.3. The molecule has 18 heavy (non-hydrogen) atoms. The van der Waals surface area contributed by atoms with Crippen LogP contribution in [0.15, 0.2) is 22.9 Å². The van der Waals surface area contributed by atoms with E-state index in [4.69, 9.17) is 0 Å². The second kappa shape index (κ2) is 5.67. The van der Waals surface area contributed by atoms with E-state index < -0.39 is 10.0 Å². The maximum Gasteiger partial charge on any atom is 0.211 e. The van der Waals surface area contributed by atoms with Crippen molar-refractivity contribution < 1.29 is 8.42 Å². The van der Waals surface area contributed by atoms with Crippen molar-refractivity contribution in [3.8, 4) is 0 Å². The van der Waals surface area contributed by atoms with Gasteiger partial charge in [-0.25, -0.2) is 12.7 Å². The summed E-state index contributed by atoms with van der Waals surface area (Å²) in [5.74, 6) is 0.393. The molecule has 0 aliphatic carbocycles. The fourth-order valence-electron chi connectivity index (χ4n) is 2.40. The fraction of sp³-hybridized carbons (Fsp3) is 0.583. The molecule has 1 aliphatic rings. The van der Waals surface area contributed by atoms with Gasteiger partial charge in [-0.1, -0.05) is 0 Å². The third kappa shape index (κ3) is 3.76. The summed E-state index contributed by atoms with van der Waals surface area (Å²) in [4.78, 5) is 4.14. The van der Waals surface area contributed by atoms with Crippen molar-refractivity contribution in [1.82, 2.24) is 9.29 Å². The molecule has 1 fully saturated rings. The van der Waals surface area contributed by atoms with Crippen LogP contribution >= 0.6 is 15.9 Å². The Balaban J connectivity index is 2.02. The van der Waals surface area contributed by atoms with E-state index in [2.05, 4.69) is 20.9 Å². The molecule has 0 unspecified atom stereocenters. The highest BCUT2D eigenvalue weighted by atomic mass is 79.9. The molecule has 1 atom stereocenters. The number of nitrogens with zero attached hydrogens (tertiary/aromatic N) is 2. The van der Waals surface area contributed by atoms with Crippen molar-refractivity contribution in [3.63, 3.8) is 0 Å². The molecule has 2 heterocycles. The molecule has 0 N–H and O–H groups in total. The Morgan fingerprint density at radius 3 is 2.94 bits per heavy atom. The molecule has 1 aliphatic heterocycles. The van der Waals surface area contributed by atoms with Crippen molar-refractivity contribution in [2.45, 2.75) is 19.3 Å². The van der Waals surface area contributed by atoms with Crippen LogP contribution in [0.25, 0.3) is 0 Å². The van der Waals surface area contributed by atoms with Gasteiger partial charge in [-0.2, -0.15) is 0 Å². The number of rotatable bonds is 3. The van der Waals surface area contributed by atoms with Gasteiger partial charge in [0.2, 0.25) is 10.0 Å². The van der Waals surface area contributed by atoms with Crippen LogP contribution in [0.3, 0.4) is 0 Å². The molecule has 0 aromatic carbocycles. The molecule has 100 valence electrons. The summed E-state index contributed by atoms with van der Waals surface area (Å²) in [7, 11) is -3.05. The fourth-order valence-corrected chi connectivity index (χ4v) is 3.75. The van der Waals surface area contributed by atoms with Crippen LogP contribution in [-0.2, 0) is 16.4 Å². The largest absolute Gasteiger partial charge is 0.263 e. The van der Waals surface area contributed by atoms with Crippen LogP contribution in [-0.4, -0.2) is 37.1 Å². The van der Waals surface area contributed by atoms with Gasteiger partial charge >= 0.3 is 0 Å². The van der Waals surface area contributed by atoms with Gasteiger partial charge in [0.15, 0.2) is 0 Å². The van der Waals surface area contributed by atoms with Gasteiger partial charge in [-0.05, 0) is 52.7 Å².